The maximum absolute atomic E-state index is 12.7. The molecule has 0 atom stereocenters. The number of sulfonamides is 1. The Morgan fingerprint density at radius 2 is 1.84 bits per heavy atom. The summed E-state index contributed by atoms with van der Waals surface area (Å²) in [7, 11) is -3.33. The van der Waals surface area contributed by atoms with E-state index in [0.29, 0.717) is 18.0 Å². The van der Waals surface area contributed by atoms with Crippen LogP contribution in [-0.2, 0) is 10.0 Å². The first kappa shape index (κ1) is 14.5. The summed E-state index contributed by atoms with van der Waals surface area (Å²) in [6.45, 7) is 7.49. The van der Waals surface area contributed by atoms with E-state index in [0.717, 1.165) is 24.8 Å². The SMILES string of the molecule is CCC1(CC)CCN(S(=O)(=O)c2ccccc2C)C1. The van der Waals surface area contributed by atoms with E-state index in [-0.39, 0.29) is 5.41 Å². The van der Waals surface area contributed by atoms with Crippen LogP contribution >= 0.6 is 0 Å². The highest BCUT2D eigenvalue weighted by Gasteiger charge is 2.40. The van der Waals surface area contributed by atoms with Crippen molar-refractivity contribution in [2.75, 3.05) is 13.1 Å². The molecule has 3 nitrogen and oxygen atoms in total. The fourth-order valence-corrected chi connectivity index (χ4v) is 4.69. The van der Waals surface area contributed by atoms with Crippen molar-refractivity contribution < 1.29 is 8.42 Å². The summed E-state index contributed by atoms with van der Waals surface area (Å²) in [5.41, 5.74) is 1.00. The number of hydrogen-bond donors (Lipinski definition) is 0. The third kappa shape index (κ3) is 2.56. The lowest BCUT2D eigenvalue weighted by Gasteiger charge is -2.26. The Morgan fingerprint density at radius 1 is 1.21 bits per heavy atom. The molecule has 1 aliphatic rings. The van der Waals surface area contributed by atoms with Crippen molar-refractivity contribution in [3.63, 3.8) is 0 Å². The van der Waals surface area contributed by atoms with Crippen molar-refractivity contribution in [3.8, 4) is 0 Å². The van der Waals surface area contributed by atoms with E-state index in [9.17, 15) is 8.42 Å². The van der Waals surface area contributed by atoms with E-state index < -0.39 is 10.0 Å². The highest BCUT2D eigenvalue weighted by atomic mass is 32.2. The summed E-state index contributed by atoms with van der Waals surface area (Å²) >= 11 is 0. The molecular weight excluding hydrogens is 258 g/mol. The molecule has 4 heteroatoms. The molecule has 1 aromatic rings. The minimum absolute atomic E-state index is 0.176. The first-order valence-corrected chi connectivity index (χ1v) is 8.45. The van der Waals surface area contributed by atoms with Crippen LogP contribution in [0.3, 0.4) is 0 Å². The van der Waals surface area contributed by atoms with E-state index in [4.69, 9.17) is 0 Å². The second-order valence-electron chi connectivity index (χ2n) is 5.56. The second-order valence-corrected chi connectivity index (χ2v) is 7.47. The predicted octanol–water partition coefficient (Wildman–Crippen LogP) is 3.20. The Bertz CT molecular complexity index is 547. The molecule has 1 heterocycles. The van der Waals surface area contributed by atoms with Gasteiger partial charge in [0, 0.05) is 13.1 Å². The van der Waals surface area contributed by atoms with Crippen molar-refractivity contribution in [2.24, 2.45) is 5.41 Å². The summed E-state index contributed by atoms with van der Waals surface area (Å²) in [6, 6.07) is 7.24. The maximum Gasteiger partial charge on any atom is 0.243 e. The normalized spacial score (nSPS) is 19.7. The molecular formula is C15H23NO2S. The van der Waals surface area contributed by atoms with Crippen LogP contribution in [0.5, 0.6) is 0 Å². The fourth-order valence-electron chi connectivity index (χ4n) is 2.91. The minimum atomic E-state index is -3.33. The smallest absolute Gasteiger partial charge is 0.207 e. The number of aryl methyl sites for hydroxylation is 1. The van der Waals surface area contributed by atoms with Crippen molar-refractivity contribution in [2.45, 2.75) is 44.9 Å². The molecule has 19 heavy (non-hydrogen) atoms. The third-order valence-corrected chi connectivity index (χ3v) is 6.62. The fraction of sp³-hybridized carbons (Fsp3) is 0.600. The van der Waals surface area contributed by atoms with Gasteiger partial charge < -0.3 is 0 Å². The molecule has 1 saturated heterocycles. The van der Waals surface area contributed by atoms with E-state index in [1.807, 2.05) is 19.1 Å². The van der Waals surface area contributed by atoms with Gasteiger partial charge in [-0.15, -0.1) is 0 Å². The number of hydrogen-bond acceptors (Lipinski definition) is 2. The van der Waals surface area contributed by atoms with Crippen molar-refractivity contribution in [1.29, 1.82) is 0 Å². The van der Waals surface area contributed by atoms with Crippen LogP contribution in [0.15, 0.2) is 29.2 Å². The van der Waals surface area contributed by atoms with Crippen LogP contribution in [0, 0.1) is 12.3 Å². The lowest BCUT2D eigenvalue weighted by molar-refractivity contribution is 0.279. The van der Waals surface area contributed by atoms with Crippen LogP contribution in [-0.4, -0.2) is 25.8 Å². The first-order valence-electron chi connectivity index (χ1n) is 7.01. The minimum Gasteiger partial charge on any atom is -0.207 e. The van der Waals surface area contributed by atoms with Crippen molar-refractivity contribution in [3.05, 3.63) is 29.8 Å². The average molecular weight is 281 g/mol. The molecule has 2 rings (SSSR count). The Balaban J connectivity index is 2.31. The van der Waals surface area contributed by atoms with Gasteiger partial charge >= 0.3 is 0 Å². The van der Waals surface area contributed by atoms with E-state index in [2.05, 4.69) is 13.8 Å². The van der Waals surface area contributed by atoms with Gasteiger partial charge in [0.05, 0.1) is 4.90 Å². The average Bonchev–Trinajstić information content (AvgIpc) is 2.85. The monoisotopic (exact) mass is 281 g/mol. The largest absolute Gasteiger partial charge is 0.243 e. The quantitative estimate of drug-likeness (QED) is 0.850. The van der Waals surface area contributed by atoms with Crippen LogP contribution in [0.25, 0.3) is 0 Å². The molecule has 0 radical (unpaired) electrons. The molecule has 0 N–H and O–H groups in total. The second kappa shape index (κ2) is 5.25. The highest BCUT2D eigenvalue weighted by Crippen LogP contribution is 2.39. The summed E-state index contributed by atoms with van der Waals surface area (Å²) < 4.78 is 27.1. The van der Waals surface area contributed by atoms with Gasteiger partial charge in [-0.05, 0) is 43.2 Å². The van der Waals surface area contributed by atoms with Crippen LogP contribution < -0.4 is 0 Å². The molecule has 0 bridgehead atoms. The Kier molecular flexibility index (Phi) is 4.02. The molecule has 106 valence electrons. The van der Waals surface area contributed by atoms with Gasteiger partial charge in [0.15, 0.2) is 0 Å². The summed E-state index contributed by atoms with van der Waals surface area (Å²) in [5, 5.41) is 0. The van der Waals surface area contributed by atoms with Gasteiger partial charge in [-0.25, -0.2) is 8.42 Å². The van der Waals surface area contributed by atoms with Crippen molar-refractivity contribution >= 4 is 10.0 Å². The van der Waals surface area contributed by atoms with Gasteiger partial charge in [-0.1, -0.05) is 32.0 Å². The van der Waals surface area contributed by atoms with Crippen molar-refractivity contribution in [1.82, 2.24) is 4.31 Å². The summed E-state index contributed by atoms with van der Waals surface area (Å²) in [4.78, 5) is 0.456. The standard InChI is InChI=1S/C15H23NO2S/c1-4-15(5-2)10-11-16(12-15)19(17,18)14-9-7-6-8-13(14)3/h6-9H,4-5,10-12H2,1-3H3. The van der Waals surface area contributed by atoms with Gasteiger partial charge in [-0.2, -0.15) is 4.31 Å². The predicted molar refractivity (Wildman–Crippen MR) is 77.6 cm³/mol. The molecule has 1 aliphatic heterocycles. The van der Waals surface area contributed by atoms with E-state index >= 15 is 0 Å². The first-order chi connectivity index (χ1) is 8.95. The Morgan fingerprint density at radius 3 is 2.37 bits per heavy atom. The molecule has 0 amide bonds. The number of rotatable bonds is 4. The van der Waals surface area contributed by atoms with E-state index in [1.165, 1.54) is 0 Å². The lowest BCUT2D eigenvalue weighted by Crippen LogP contribution is -2.32. The van der Waals surface area contributed by atoms with E-state index in [1.54, 1.807) is 16.4 Å². The summed E-state index contributed by atoms with van der Waals surface area (Å²) in [5.74, 6) is 0. The number of benzene rings is 1. The van der Waals surface area contributed by atoms with Gasteiger partial charge in [0.1, 0.15) is 0 Å². The van der Waals surface area contributed by atoms with Gasteiger partial charge in [-0.3, -0.25) is 0 Å². The molecule has 1 fully saturated rings. The zero-order valence-electron chi connectivity index (χ0n) is 12.0. The molecule has 0 unspecified atom stereocenters. The van der Waals surface area contributed by atoms with Crippen LogP contribution in [0.4, 0.5) is 0 Å². The molecule has 0 aliphatic carbocycles. The maximum atomic E-state index is 12.7. The number of nitrogens with zero attached hydrogens (tertiary/aromatic N) is 1. The topological polar surface area (TPSA) is 37.4 Å². The molecule has 0 spiro atoms. The van der Waals surface area contributed by atoms with Gasteiger partial charge in [0.25, 0.3) is 0 Å². The molecule has 1 aromatic carbocycles. The van der Waals surface area contributed by atoms with Crippen LogP contribution in [0.2, 0.25) is 0 Å². The zero-order chi connectivity index (χ0) is 14.1. The molecule has 0 saturated carbocycles. The zero-order valence-corrected chi connectivity index (χ0v) is 12.8. The highest BCUT2D eigenvalue weighted by molar-refractivity contribution is 7.89. The lowest BCUT2D eigenvalue weighted by atomic mass is 9.82. The van der Waals surface area contributed by atoms with Gasteiger partial charge in [0.2, 0.25) is 10.0 Å². The molecule has 0 aromatic heterocycles. The third-order valence-electron chi connectivity index (χ3n) is 4.61. The summed E-state index contributed by atoms with van der Waals surface area (Å²) in [6.07, 6.45) is 3.07. The Hall–Kier alpha value is -0.870. The Labute approximate surface area is 116 Å². The van der Waals surface area contributed by atoms with Crippen LogP contribution in [0.1, 0.15) is 38.7 Å².